The quantitative estimate of drug-likeness (QED) is 0.474. The number of hydrogen-bond donors (Lipinski definition) is 3. The van der Waals surface area contributed by atoms with Crippen molar-refractivity contribution in [3.05, 3.63) is 66.2 Å². The summed E-state index contributed by atoms with van der Waals surface area (Å²) in [4.78, 5) is 37.1. The van der Waals surface area contributed by atoms with Gasteiger partial charge in [0.2, 0.25) is 5.91 Å². The minimum Gasteiger partial charge on any atom is -0.480 e. The molecule has 2 aromatic rings. The summed E-state index contributed by atoms with van der Waals surface area (Å²) >= 11 is 0. The lowest BCUT2D eigenvalue weighted by molar-refractivity contribution is -0.142. The van der Waals surface area contributed by atoms with Crippen LogP contribution in [0.1, 0.15) is 25.8 Å². The van der Waals surface area contributed by atoms with Crippen LogP contribution >= 0.6 is 0 Å². The van der Waals surface area contributed by atoms with Gasteiger partial charge in [-0.15, -0.1) is 0 Å². The number of amides is 2. The number of carboxylic acids is 1. The third-order valence-corrected chi connectivity index (χ3v) is 6.05. The van der Waals surface area contributed by atoms with Crippen molar-refractivity contribution in [2.24, 2.45) is 5.92 Å². The van der Waals surface area contributed by atoms with Crippen LogP contribution < -0.4 is 10.6 Å². The number of hydrogen-bond acceptors (Lipinski definition) is 5. The number of aliphatic carboxylic acids is 1. The van der Waals surface area contributed by atoms with Gasteiger partial charge in [-0.2, -0.15) is 0 Å². The first-order valence-corrected chi connectivity index (χ1v) is 11.5. The first-order chi connectivity index (χ1) is 15.3. The monoisotopic (exact) mass is 460 g/mol. The Labute approximate surface area is 189 Å². The predicted molar refractivity (Wildman–Crippen MR) is 120 cm³/mol. The molecule has 2 aromatic carbocycles. The van der Waals surface area contributed by atoms with Gasteiger partial charge in [0.05, 0.1) is 10.8 Å². The van der Waals surface area contributed by atoms with Crippen molar-refractivity contribution in [1.29, 1.82) is 0 Å². The molecule has 32 heavy (non-hydrogen) atoms. The van der Waals surface area contributed by atoms with Crippen LogP contribution in [0.4, 0.5) is 4.79 Å². The molecule has 0 aliphatic carbocycles. The van der Waals surface area contributed by atoms with Crippen LogP contribution in [0.15, 0.2) is 65.6 Å². The Morgan fingerprint density at radius 1 is 0.969 bits per heavy atom. The fraction of sp³-hybridized carbons (Fsp3) is 0.348. The van der Waals surface area contributed by atoms with E-state index in [1.807, 2.05) is 18.2 Å². The smallest absolute Gasteiger partial charge is 0.408 e. The number of ether oxygens (including phenoxy) is 1. The molecule has 0 saturated carbocycles. The molecule has 0 unspecified atom stereocenters. The second kappa shape index (κ2) is 12.6. The highest BCUT2D eigenvalue weighted by Crippen LogP contribution is 2.09. The Hall–Kier alpha value is -3.20. The zero-order valence-electron chi connectivity index (χ0n) is 18.0. The van der Waals surface area contributed by atoms with Gasteiger partial charge in [0.15, 0.2) is 0 Å². The lowest BCUT2D eigenvalue weighted by Crippen LogP contribution is -2.54. The highest BCUT2D eigenvalue weighted by atomic mass is 32.2. The standard InChI is InChI=1S/C23H28N2O6S/c1-16(2)20(25-23(29)31-15-17-9-5-3-6-10-17)21(26)24-19(22(27)28)13-14-32(30)18-11-7-4-8-12-18/h3-12,16,19-20H,13-15H2,1-2H3,(H,24,26)(H,25,29)(H,27,28)/t19-,20+,32+/m1/s1. The van der Waals surface area contributed by atoms with Gasteiger partial charge in [-0.3, -0.25) is 9.00 Å². The Balaban J connectivity index is 1.92. The van der Waals surface area contributed by atoms with Gasteiger partial charge in [-0.05, 0) is 30.0 Å². The summed E-state index contributed by atoms with van der Waals surface area (Å²) in [6, 6.07) is 15.6. The van der Waals surface area contributed by atoms with Gasteiger partial charge in [-0.1, -0.05) is 62.4 Å². The van der Waals surface area contributed by atoms with E-state index in [9.17, 15) is 23.7 Å². The lowest BCUT2D eigenvalue weighted by atomic mass is 10.0. The van der Waals surface area contributed by atoms with E-state index in [1.54, 1.807) is 56.3 Å². The molecule has 0 aliphatic heterocycles. The van der Waals surface area contributed by atoms with Crippen molar-refractivity contribution < 1.29 is 28.4 Å². The molecule has 2 rings (SSSR count). The Kier molecular flexibility index (Phi) is 9.87. The van der Waals surface area contributed by atoms with Crippen LogP contribution in [0.3, 0.4) is 0 Å². The van der Waals surface area contributed by atoms with Gasteiger partial charge in [0.1, 0.15) is 18.7 Å². The molecule has 172 valence electrons. The summed E-state index contributed by atoms with van der Waals surface area (Å²) in [6.45, 7) is 3.49. The summed E-state index contributed by atoms with van der Waals surface area (Å²) in [5.41, 5.74) is 0.797. The molecule has 0 radical (unpaired) electrons. The number of alkyl carbamates (subject to hydrolysis) is 1. The Morgan fingerprint density at radius 3 is 2.12 bits per heavy atom. The van der Waals surface area contributed by atoms with Crippen LogP contribution in [0, 0.1) is 5.92 Å². The highest BCUT2D eigenvalue weighted by Gasteiger charge is 2.29. The molecule has 0 aromatic heterocycles. The van der Waals surface area contributed by atoms with E-state index in [0.29, 0.717) is 4.90 Å². The molecular formula is C23H28N2O6S. The van der Waals surface area contributed by atoms with E-state index in [1.165, 1.54) is 0 Å². The number of carbonyl (C=O) groups excluding carboxylic acids is 2. The Morgan fingerprint density at radius 2 is 1.56 bits per heavy atom. The van der Waals surface area contributed by atoms with Gasteiger partial charge >= 0.3 is 12.1 Å². The molecule has 0 bridgehead atoms. The molecular weight excluding hydrogens is 432 g/mol. The van der Waals surface area contributed by atoms with Crippen LogP contribution in [-0.4, -0.2) is 45.1 Å². The average Bonchev–Trinajstić information content (AvgIpc) is 2.79. The molecule has 0 fully saturated rings. The molecule has 9 heteroatoms. The number of carboxylic acid groups (broad SMARTS) is 1. The first kappa shape index (κ1) is 25.1. The zero-order chi connectivity index (χ0) is 23.5. The summed E-state index contributed by atoms with van der Waals surface area (Å²) in [5.74, 6) is -2.13. The minimum absolute atomic E-state index is 0.0220. The molecule has 3 N–H and O–H groups in total. The zero-order valence-corrected chi connectivity index (χ0v) is 18.8. The normalized spacial score (nSPS) is 13.6. The number of benzene rings is 2. The second-order valence-corrected chi connectivity index (χ2v) is 9.05. The summed E-state index contributed by atoms with van der Waals surface area (Å²) < 4.78 is 17.5. The number of nitrogens with one attached hydrogen (secondary N) is 2. The summed E-state index contributed by atoms with van der Waals surface area (Å²) in [7, 11) is -1.39. The third kappa shape index (κ3) is 8.14. The largest absolute Gasteiger partial charge is 0.480 e. The molecule has 0 heterocycles. The van der Waals surface area contributed by atoms with Crippen molar-refractivity contribution in [2.45, 2.75) is 43.9 Å². The van der Waals surface area contributed by atoms with E-state index < -0.39 is 40.9 Å². The molecule has 3 atom stereocenters. The van der Waals surface area contributed by atoms with Crippen LogP contribution in [-0.2, 0) is 31.7 Å². The first-order valence-electron chi connectivity index (χ1n) is 10.2. The van der Waals surface area contributed by atoms with E-state index in [0.717, 1.165) is 5.56 Å². The third-order valence-electron chi connectivity index (χ3n) is 4.65. The van der Waals surface area contributed by atoms with Crippen molar-refractivity contribution in [2.75, 3.05) is 5.75 Å². The van der Waals surface area contributed by atoms with Gasteiger partial charge in [-0.25, -0.2) is 9.59 Å². The fourth-order valence-electron chi connectivity index (χ4n) is 2.86. The van der Waals surface area contributed by atoms with E-state index >= 15 is 0 Å². The highest BCUT2D eigenvalue weighted by molar-refractivity contribution is 7.85. The van der Waals surface area contributed by atoms with Crippen molar-refractivity contribution in [3.63, 3.8) is 0 Å². The van der Waals surface area contributed by atoms with Crippen LogP contribution in [0.5, 0.6) is 0 Å². The van der Waals surface area contributed by atoms with E-state index in [2.05, 4.69) is 10.6 Å². The van der Waals surface area contributed by atoms with Gasteiger partial charge < -0.3 is 20.5 Å². The molecule has 0 saturated heterocycles. The average molecular weight is 461 g/mol. The second-order valence-electron chi connectivity index (χ2n) is 7.48. The molecule has 8 nitrogen and oxygen atoms in total. The number of carbonyl (C=O) groups is 3. The van der Waals surface area contributed by atoms with Crippen LogP contribution in [0.2, 0.25) is 0 Å². The summed E-state index contributed by atoms with van der Waals surface area (Å²) in [6.07, 6.45) is -0.800. The van der Waals surface area contributed by atoms with Gasteiger partial charge in [0, 0.05) is 10.6 Å². The van der Waals surface area contributed by atoms with Crippen LogP contribution in [0.25, 0.3) is 0 Å². The fourth-order valence-corrected chi connectivity index (χ4v) is 4.01. The Bertz CT molecular complexity index is 921. The lowest BCUT2D eigenvalue weighted by Gasteiger charge is -2.23. The molecule has 0 spiro atoms. The van der Waals surface area contributed by atoms with Crippen molar-refractivity contribution in [3.8, 4) is 0 Å². The molecule has 2 amide bonds. The predicted octanol–water partition coefficient (Wildman–Crippen LogP) is 2.70. The summed E-state index contributed by atoms with van der Waals surface area (Å²) in [5, 5.41) is 14.4. The molecule has 0 aliphatic rings. The maximum Gasteiger partial charge on any atom is 0.408 e. The SMILES string of the molecule is CC(C)[C@H](NC(=O)OCc1ccccc1)C(=O)N[C@H](CC[S@](=O)c1ccccc1)C(=O)O. The van der Waals surface area contributed by atoms with Gasteiger partial charge in [0.25, 0.3) is 0 Å². The topological polar surface area (TPSA) is 122 Å². The van der Waals surface area contributed by atoms with E-state index in [4.69, 9.17) is 4.74 Å². The maximum atomic E-state index is 12.7. The van der Waals surface area contributed by atoms with E-state index in [-0.39, 0.29) is 24.7 Å². The van der Waals surface area contributed by atoms with Crippen molar-refractivity contribution >= 4 is 28.8 Å². The minimum atomic E-state index is -1.39. The maximum absolute atomic E-state index is 12.7. The number of rotatable bonds is 11. The van der Waals surface area contributed by atoms with Crippen molar-refractivity contribution in [1.82, 2.24) is 10.6 Å².